The smallest absolute Gasteiger partial charge is 0.224 e. The Labute approximate surface area is 122 Å². The van der Waals surface area contributed by atoms with Gasteiger partial charge in [0.25, 0.3) is 0 Å². The van der Waals surface area contributed by atoms with Gasteiger partial charge in [-0.05, 0) is 49.6 Å². The SMILES string of the molecule is O=C(NC1CCSc2ccc(F)cc21)C1CCCNC1. The van der Waals surface area contributed by atoms with Crippen molar-refractivity contribution in [2.45, 2.75) is 30.2 Å². The van der Waals surface area contributed by atoms with E-state index in [4.69, 9.17) is 0 Å². The van der Waals surface area contributed by atoms with E-state index in [1.165, 1.54) is 6.07 Å². The van der Waals surface area contributed by atoms with E-state index >= 15 is 0 Å². The molecule has 3 rings (SSSR count). The van der Waals surface area contributed by atoms with Crippen LogP contribution in [0.15, 0.2) is 23.1 Å². The summed E-state index contributed by atoms with van der Waals surface area (Å²) in [5.41, 5.74) is 0.929. The number of fused-ring (bicyclic) bond motifs is 1. The molecule has 2 aliphatic rings. The number of hydrogen-bond acceptors (Lipinski definition) is 3. The van der Waals surface area contributed by atoms with Crippen LogP contribution in [0.2, 0.25) is 0 Å². The van der Waals surface area contributed by atoms with Crippen LogP contribution in [0.1, 0.15) is 30.9 Å². The fourth-order valence-electron chi connectivity index (χ4n) is 2.88. The van der Waals surface area contributed by atoms with E-state index in [0.717, 1.165) is 48.6 Å². The van der Waals surface area contributed by atoms with Crippen LogP contribution >= 0.6 is 11.8 Å². The molecule has 20 heavy (non-hydrogen) atoms. The van der Waals surface area contributed by atoms with Gasteiger partial charge in [-0.25, -0.2) is 4.39 Å². The topological polar surface area (TPSA) is 41.1 Å². The largest absolute Gasteiger partial charge is 0.349 e. The van der Waals surface area contributed by atoms with Crippen molar-refractivity contribution in [1.29, 1.82) is 0 Å². The highest BCUT2D eigenvalue weighted by Crippen LogP contribution is 2.36. The second kappa shape index (κ2) is 6.14. The average Bonchev–Trinajstić information content (AvgIpc) is 2.49. The lowest BCUT2D eigenvalue weighted by Crippen LogP contribution is -2.42. The second-order valence-electron chi connectivity index (χ2n) is 5.42. The van der Waals surface area contributed by atoms with E-state index in [2.05, 4.69) is 10.6 Å². The van der Waals surface area contributed by atoms with Crippen molar-refractivity contribution in [3.63, 3.8) is 0 Å². The molecule has 2 aliphatic heterocycles. The molecule has 0 spiro atoms. The van der Waals surface area contributed by atoms with Crippen molar-refractivity contribution in [2.75, 3.05) is 18.8 Å². The molecule has 3 nitrogen and oxygen atoms in total. The third-order valence-electron chi connectivity index (χ3n) is 4.00. The van der Waals surface area contributed by atoms with Gasteiger partial charge in [-0.3, -0.25) is 4.79 Å². The van der Waals surface area contributed by atoms with E-state index < -0.39 is 0 Å². The van der Waals surface area contributed by atoms with Crippen molar-refractivity contribution in [3.05, 3.63) is 29.6 Å². The monoisotopic (exact) mass is 294 g/mol. The summed E-state index contributed by atoms with van der Waals surface area (Å²) in [4.78, 5) is 13.4. The molecule has 2 atom stereocenters. The van der Waals surface area contributed by atoms with Gasteiger partial charge in [-0.15, -0.1) is 11.8 Å². The fraction of sp³-hybridized carbons (Fsp3) is 0.533. The first-order valence-corrected chi connectivity index (χ1v) is 8.16. The molecule has 0 bridgehead atoms. The van der Waals surface area contributed by atoms with Crippen molar-refractivity contribution < 1.29 is 9.18 Å². The number of nitrogens with one attached hydrogen (secondary N) is 2. The maximum Gasteiger partial charge on any atom is 0.224 e. The number of halogens is 1. The minimum atomic E-state index is -0.232. The van der Waals surface area contributed by atoms with Gasteiger partial charge in [0.05, 0.1) is 12.0 Å². The van der Waals surface area contributed by atoms with Crippen LogP contribution in [0.4, 0.5) is 4.39 Å². The van der Waals surface area contributed by atoms with Crippen LogP contribution in [-0.4, -0.2) is 24.7 Å². The highest BCUT2D eigenvalue weighted by atomic mass is 32.2. The Kier molecular flexibility index (Phi) is 4.27. The molecule has 0 radical (unpaired) electrons. The molecule has 0 saturated carbocycles. The summed E-state index contributed by atoms with van der Waals surface area (Å²) in [6.45, 7) is 1.75. The van der Waals surface area contributed by atoms with Gasteiger partial charge >= 0.3 is 0 Å². The number of rotatable bonds is 2. The number of amides is 1. The van der Waals surface area contributed by atoms with Crippen molar-refractivity contribution in [3.8, 4) is 0 Å². The molecule has 1 amide bonds. The lowest BCUT2D eigenvalue weighted by Gasteiger charge is -2.29. The van der Waals surface area contributed by atoms with E-state index in [0.29, 0.717) is 0 Å². The Hall–Kier alpha value is -1.07. The van der Waals surface area contributed by atoms with Crippen molar-refractivity contribution in [1.82, 2.24) is 10.6 Å². The zero-order chi connectivity index (χ0) is 13.9. The Morgan fingerprint density at radius 1 is 1.40 bits per heavy atom. The van der Waals surface area contributed by atoms with Gasteiger partial charge in [0.15, 0.2) is 0 Å². The Balaban J connectivity index is 1.72. The summed E-state index contributed by atoms with van der Waals surface area (Å²) in [6.07, 6.45) is 2.85. The number of benzene rings is 1. The summed E-state index contributed by atoms with van der Waals surface area (Å²) in [6, 6.07) is 4.82. The van der Waals surface area contributed by atoms with Crippen LogP contribution < -0.4 is 10.6 Å². The summed E-state index contributed by atoms with van der Waals surface area (Å²) >= 11 is 1.73. The first kappa shape index (κ1) is 13.9. The predicted octanol–water partition coefficient (Wildman–Crippen LogP) is 2.48. The van der Waals surface area contributed by atoms with Gasteiger partial charge in [-0.2, -0.15) is 0 Å². The zero-order valence-corrected chi connectivity index (χ0v) is 12.1. The fourth-order valence-corrected chi connectivity index (χ4v) is 3.99. The Morgan fingerprint density at radius 2 is 2.30 bits per heavy atom. The van der Waals surface area contributed by atoms with Crippen LogP contribution in [0, 0.1) is 11.7 Å². The molecule has 2 unspecified atom stereocenters. The molecule has 0 aromatic heterocycles. The molecule has 0 aliphatic carbocycles. The van der Waals surface area contributed by atoms with E-state index in [1.54, 1.807) is 17.8 Å². The Morgan fingerprint density at radius 3 is 3.10 bits per heavy atom. The van der Waals surface area contributed by atoms with Crippen LogP contribution in [0.5, 0.6) is 0 Å². The van der Waals surface area contributed by atoms with E-state index in [9.17, 15) is 9.18 Å². The highest BCUT2D eigenvalue weighted by Gasteiger charge is 2.27. The highest BCUT2D eigenvalue weighted by molar-refractivity contribution is 7.99. The molecule has 2 N–H and O–H groups in total. The Bertz CT molecular complexity index is 503. The normalized spacial score (nSPS) is 25.9. The molecule has 108 valence electrons. The molecule has 1 aromatic rings. The van der Waals surface area contributed by atoms with Crippen molar-refractivity contribution >= 4 is 17.7 Å². The van der Waals surface area contributed by atoms with Gasteiger partial charge in [0, 0.05) is 17.2 Å². The lowest BCUT2D eigenvalue weighted by molar-refractivity contribution is -0.126. The zero-order valence-electron chi connectivity index (χ0n) is 11.3. The number of hydrogen-bond donors (Lipinski definition) is 2. The maximum atomic E-state index is 13.4. The lowest BCUT2D eigenvalue weighted by atomic mass is 9.97. The molecule has 2 heterocycles. The predicted molar refractivity (Wildman–Crippen MR) is 78.2 cm³/mol. The molecule has 1 saturated heterocycles. The van der Waals surface area contributed by atoms with Crippen molar-refractivity contribution in [2.24, 2.45) is 5.92 Å². The first-order valence-electron chi connectivity index (χ1n) is 7.17. The van der Waals surface area contributed by atoms with Crippen LogP contribution in [-0.2, 0) is 4.79 Å². The van der Waals surface area contributed by atoms with Gasteiger partial charge in [-0.1, -0.05) is 0 Å². The quantitative estimate of drug-likeness (QED) is 0.880. The minimum Gasteiger partial charge on any atom is -0.349 e. The number of piperidine rings is 1. The van der Waals surface area contributed by atoms with Gasteiger partial charge < -0.3 is 10.6 Å². The molecular formula is C15H19FN2OS. The number of carbonyl (C=O) groups is 1. The summed E-state index contributed by atoms with van der Waals surface area (Å²) in [7, 11) is 0. The second-order valence-corrected chi connectivity index (χ2v) is 6.56. The van der Waals surface area contributed by atoms with E-state index in [-0.39, 0.29) is 23.7 Å². The molecule has 5 heteroatoms. The van der Waals surface area contributed by atoms with Crippen LogP contribution in [0.3, 0.4) is 0 Å². The summed E-state index contributed by atoms with van der Waals surface area (Å²) < 4.78 is 13.4. The standard InChI is InChI=1S/C15H19FN2OS/c16-11-3-4-14-12(8-11)13(5-7-20-14)18-15(19)10-2-1-6-17-9-10/h3-4,8,10,13,17H,1-2,5-7,9H2,(H,18,19). The van der Waals surface area contributed by atoms with Gasteiger partial charge in [0.2, 0.25) is 5.91 Å². The number of thioether (sulfide) groups is 1. The average molecular weight is 294 g/mol. The molecule has 1 aromatic carbocycles. The first-order chi connectivity index (χ1) is 9.74. The molecular weight excluding hydrogens is 275 g/mol. The van der Waals surface area contributed by atoms with E-state index in [1.807, 2.05) is 6.07 Å². The third-order valence-corrected chi connectivity index (χ3v) is 5.12. The van der Waals surface area contributed by atoms with Gasteiger partial charge in [0.1, 0.15) is 5.82 Å². The molecule has 1 fully saturated rings. The third kappa shape index (κ3) is 2.99. The summed E-state index contributed by atoms with van der Waals surface area (Å²) in [5, 5.41) is 6.37. The number of carbonyl (C=O) groups excluding carboxylic acids is 1. The maximum absolute atomic E-state index is 13.4. The van der Waals surface area contributed by atoms with Crippen LogP contribution in [0.25, 0.3) is 0 Å². The summed E-state index contributed by atoms with van der Waals surface area (Å²) in [5.74, 6) is 0.886. The minimum absolute atomic E-state index is 0.0450.